The number of nitrogens with one attached hydrogen (secondary N) is 2. The fourth-order valence-corrected chi connectivity index (χ4v) is 5.26. The van der Waals surface area contributed by atoms with Crippen molar-refractivity contribution in [1.82, 2.24) is 14.9 Å². The number of amides is 3. The SMILES string of the molecule is O=C1NC(=O)C(C2CCCN2S(=O)(=O)c2ccc(Oc3ccc(F)cc3)cc2)N1. The van der Waals surface area contributed by atoms with Crippen molar-refractivity contribution in [3.8, 4) is 11.5 Å². The molecule has 2 heterocycles. The summed E-state index contributed by atoms with van der Waals surface area (Å²) in [5.74, 6) is -0.0863. The Hall–Kier alpha value is -2.98. The molecule has 0 spiro atoms. The van der Waals surface area contributed by atoms with Gasteiger partial charge in [-0.05, 0) is 61.4 Å². The minimum atomic E-state index is -3.86. The van der Waals surface area contributed by atoms with Crippen molar-refractivity contribution in [2.75, 3.05) is 6.54 Å². The van der Waals surface area contributed by atoms with Gasteiger partial charge >= 0.3 is 6.03 Å². The first-order valence-electron chi connectivity index (χ1n) is 9.01. The molecule has 2 saturated heterocycles. The summed E-state index contributed by atoms with van der Waals surface area (Å²) in [5.41, 5.74) is 0. The number of urea groups is 1. The van der Waals surface area contributed by atoms with Crippen LogP contribution in [0.15, 0.2) is 53.4 Å². The molecule has 0 bridgehead atoms. The lowest BCUT2D eigenvalue weighted by Crippen LogP contribution is -2.49. The third-order valence-electron chi connectivity index (χ3n) is 4.92. The van der Waals surface area contributed by atoms with Gasteiger partial charge in [0.1, 0.15) is 23.4 Å². The molecule has 2 fully saturated rings. The number of benzene rings is 2. The Labute approximate surface area is 166 Å². The predicted molar refractivity (Wildman–Crippen MR) is 100 cm³/mol. The molecule has 8 nitrogen and oxygen atoms in total. The Kier molecular flexibility index (Phi) is 4.97. The van der Waals surface area contributed by atoms with Crippen LogP contribution in [-0.4, -0.2) is 43.3 Å². The molecular formula is C19H18FN3O5S. The van der Waals surface area contributed by atoms with Gasteiger partial charge in [-0.2, -0.15) is 4.31 Å². The third-order valence-corrected chi connectivity index (χ3v) is 6.86. The molecule has 152 valence electrons. The van der Waals surface area contributed by atoms with Gasteiger partial charge in [-0.25, -0.2) is 17.6 Å². The number of halogens is 1. The van der Waals surface area contributed by atoms with Crippen molar-refractivity contribution >= 4 is 22.0 Å². The van der Waals surface area contributed by atoms with Gasteiger partial charge in [0.05, 0.1) is 10.9 Å². The summed E-state index contributed by atoms with van der Waals surface area (Å²) in [4.78, 5) is 23.4. The Morgan fingerprint density at radius 1 is 1.00 bits per heavy atom. The smallest absolute Gasteiger partial charge is 0.322 e. The van der Waals surface area contributed by atoms with Crippen LogP contribution < -0.4 is 15.4 Å². The summed E-state index contributed by atoms with van der Waals surface area (Å²) in [5, 5.41) is 4.63. The Morgan fingerprint density at radius 3 is 2.21 bits per heavy atom. The molecule has 29 heavy (non-hydrogen) atoms. The zero-order chi connectivity index (χ0) is 20.6. The van der Waals surface area contributed by atoms with Crippen molar-refractivity contribution in [1.29, 1.82) is 0 Å². The van der Waals surface area contributed by atoms with Crippen LogP contribution in [0.4, 0.5) is 9.18 Å². The summed E-state index contributed by atoms with van der Waals surface area (Å²) < 4.78 is 46.0. The van der Waals surface area contributed by atoms with Crippen LogP contribution >= 0.6 is 0 Å². The number of hydrogen-bond donors (Lipinski definition) is 2. The van der Waals surface area contributed by atoms with Crippen molar-refractivity contribution in [3.63, 3.8) is 0 Å². The van der Waals surface area contributed by atoms with Gasteiger partial charge in [0, 0.05) is 6.54 Å². The van der Waals surface area contributed by atoms with Gasteiger partial charge in [0.25, 0.3) is 5.91 Å². The van der Waals surface area contributed by atoms with E-state index in [2.05, 4.69) is 10.6 Å². The highest BCUT2D eigenvalue weighted by atomic mass is 32.2. The molecule has 2 N–H and O–H groups in total. The van der Waals surface area contributed by atoms with Crippen LogP contribution in [0, 0.1) is 5.82 Å². The molecule has 2 unspecified atom stereocenters. The molecular weight excluding hydrogens is 401 g/mol. The molecule has 2 atom stereocenters. The van der Waals surface area contributed by atoms with E-state index < -0.39 is 34.0 Å². The quantitative estimate of drug-likeness (QED) is 0.721. The first kappa shape index (κ1) is 19.3. The van der Waals surface area contributed by atoms with Crippen LogP contribution in [0.3, 0.4) is 0 Å². The lowest BCUT2D eigenvalue weighted by molar-refractivity contribution is -0.121. The van der Waals surface area contributed by atoms with E-state index in [1.54, 1.807) is 0 Å². The number of carbonyl (C=O) groups excluding carboxylic acids is 2. The minimum Gasteiger partial charge on any atom is -0.457 e. The number of ether oxygens (including phenoxy) is 1. The molecule has 0 radical (unpaired) electrons. The summed E-state index contributed by atoms with van der Waals surface area (Å²) in [6, 6.07) is 9.14. The van der Waals surface area contributed by atoms with Crippen LogP contribution in [0.2, 0.25) is 0 Å². The third kappa shape index (κ3) is 3.81. The number of sulfonamides is 1. The average molecular weight is 419 g/mol. The molecule has 0 saturated carbocycles. The van der Waals surface area contributed by atoms with E-state index in [-0.39, 0.29) is 17.3 Å². The van der Waals surface area contributed by atoms with E-state index in [9.17, 15) is 22.4 Å². The molecule has 2 aliphatic rings. The van der Waals surface area contributed by atoms with Gasteiger partial charge in [0.15, 0.2) is 0 Å². The highest BCUT2D eigenvalue weighted by Crippen LogP contribution is 2.30. The molecule has 2 aromatic rings. The number of nitrogens with zero attached hydrogens (tertiary/aromatic N) is 1. The number of hydrogen-bond acceptors (Lipinski definition) is 5. The second kappa shape index (κ2) is 7.45. The molecule has 0 aliphatic carbocycles. The van der Waals surface area contributed by atoms with Gasteiger partial charge < -0.3 is 10.1 Å². The number of rotatable bonds is 5. The zero-order valence-electron chi connectivity index (χ0n) is 15.2. The molecule has 0 aromatic heterocycles. The van der Waals surface area contributed by atoms with Crippen molar-refractivity contribution in [2.45, 2.75) is 29.8 Å². The topological polar surface area (TPSA) is 105 Å². The Morgan fingerprint density at radius 2 is 1.62 bits per heavy atom. The maximum absolute atomic E-state index is 13.1. The maximum Gasteiger partial charge on any atom is 0.322 e. The van der Waals surface area contributed by atoms with Gasteiger partial charge in [0.2, 0.25) is 10.0 Å². The largest absolute Gasteiger partial charge is 0.457 e. The molecule has 2 aliphatic heterocycles. The first-order valence-corrected chi connectivity index (χ1v) is 10.5. The lowest BCUT2D eigenvalue weighted by Gasteiger charge is -2.27. The van der Waals surface area contributed by atoms with Gasteiger partial charge in [-0.15, -0.1) is 0 Å². The fourth-order valence-electron chi connectivity index (χ4n) is 3.55. The molecule has 3 amide bonds. The number of carbonyl (C=O) groups is 2. The van der Waals surface area contributed by atoms with Crippen molar-refractivity contribution in [2.24, 2.45) is 0 Å². The highest BCUT2D eigenvalue weighted by Gasteiger charge is 2.45. The Balaban J connectivity index is 1.53. The molecule has 10 heteroatoms. The maximum atomic E-state index is 13.1. The van der Waals surface area contributed by atoms with E-state index in [1.807, 2.05) is 0 Å². The number of imide groups is 1. The second-order valence-corrected chi connectivity index (χ2v) is 8.68. The highest BCUT2D eigenvalue weighted by molar-refractivity contribution is 7.89. The normalized spacial score (nSPS) is 22.4. The minimum absolute atomic E-state index is 0.0561. The standard InChI is InChI=1S/C19H18FN3O5S/c20-12-3-5-13(6-4-12)28-14-7-9-15(10-8-14)29(26,27)23-11-1-2-16(23)17-18(24)22-19(25)21-17/h3-10,16-17H,1-2,11H2,(H2,21,22,24,25). The van der Waals surface area contributed by atoms with Crippen LogP contribution in [0.5, 0.6) is 11.5 Å². The first-order chi connectivity index (χ1) is 13.8. The summed E-state index contributed by atoms with van der Waals surface area (Å²) in [7, 11) is -3.86. The summed E-state index contributed by atoms with van der Waals surface area (Å²) in [6.45, 7) is 0.264. The van der Waals surface area contributed by atoms with E-state index in [1.165, 1.54) is 52.8 Å². The second-order valence-electron chi connectivity index (χ2n) is 6.79. The van der Waals surface area contributed by atoms with Crippen molar-refractivity contribution in [3.05, 3.63) is 54.3 Å². The van der Waals surface area contributed by atoms with E-state index >= 15 is 0 Å². The van der Waals surface area contributed by atoms with Gasteiger partial charge in [-0.1, -0.05) is 0 Å². The molecule has 4 rings (SSSR count). The Bertz CT molecular complexity index is 1040. The van der Waals surface area contributed by atoms with E-state index in [0.717, 1.165) is 0 Å². The lowest BCUT2D eigenvalue weighted by atomic mass is 10.1. The fraction of sp³-hybridized carbons (Fsp3) is 0.263. The summed E-state index contributed by atoms with van der Waals surface area (Å²) >= 11 is 0. The van der Waals surface area contributed by atoms with Crippen molar-refractivity contribution < 1.29 is 27.1 Å². The van der Waals surface area contributed by atoms with E-state index in [4.69, 9.17) is 4.74 Å². The van der Waals surface area contributed by atoms with Gasteiger partial charge in [-0.3, -0.25) is 10.1 Å². The monoisotopic (exact) mass is 419 g/mol. The molecule has 2 aromatic carbocycles. The average Bonchev–Trinajstić information content (AvgIpc) is 3.30. The van der Waals surface area contributed by atoms with E-state index in [0.29, 0.717) is 24.3 Å². The van der Waals surface area contributed by atoms with Crippen LogP contribution in [-0.2, 0) is 14.8 Å². The zero-order valence-corrected chi connectivity index (χ0v) is 16.0. The van der Waals surface area contributed by atoms with Crippen LogP contribution in [0.1, 0.15) is 12.8 Å². The van der Waals surface area contributed by atoms with Crippen LogP contribution in [0.25, 0.3) is 0 Å². The summed E-state index contributed by atoms with van der Waals surface area (Å²) in [6.07, 6.45) is 1.07. The predicted octanol–water partition coefficient (Wildman–Crippen LogP) is 1.98.